The Bertz CT molecular complexity index is 863. The van der Waals surface area contributed by atoms with Gasteiger partial charge in [-0.05, 0) is 43.2 Å². The van der Waals surface area contributed by atoms with E-state index in [4.69, 9.17) is 4.74 Å². The quantitative estimate of drug-likeness (QED) is 0.793. The molecule has 7 heteroatoms. The minimum atomic E-state index is -3.64. The number of carbonyl (C=O) groups is 1. The van der Waals surface area contributed by atoms with Crippen molar-refractivity contribution in [1.29, 1.82) is 0 Å². The number of hydrogen-bond donors (Lipinski definition) is 2. The van der Waals surface area contributed by atoms with Gasteiger partial charge in [0.05, 0.1) is 12.0 Å². The number of aryl methyl sites for hydroxylation is 2. The fourth-order valence-electron chi connectivity index (χ4n) is 2.30. The van der Waals surface area contributed by atoms with Crippen molar-refractivity contribution in [3.8, 4) is 5.75 Å². The lowest BCUT2D eigenvalue weighted by Gasteiger charge is -2.10. The van der Waals surface area contributed by atoms with Gasteiger partial charge in [0.25, 0.3) is 0 Å². The predicted octanol–water partition coefficient (Wildman–Crippen LogP) is 2.62. The zero-order valence-electron chi connectivity index (χ0n) is 14.5. The molecule has 0 aliphatic carbocycles. The highest BCUT2D eigenvalue weighted by Gasteiger charge is 2.17. The van der Waals surface area contributed by atoms with Gasteiger partial charge in [0.15, 0.2) is 0 Å². The third kappa shape index (κ3) is 5.30. The fourth-order valence-corrected chi connectivity index (χ4v) is 3.66. The molecule has 2 N–H and O–H groups in total. The average molecular weight is 362 g/mol. The fraction of sp³-hybridized carbons (Fsp3) is 0.278. The van der Waals surface area contributed by atoms with Crippen molar-refractivity contribution in [3.63, 3.8) is 0 Å². The van der Waals surface area contributed by atoms with E-state index >= 15 is 0 Å². The first-order valence-corrected chi connectivity index (χ1v) is 9.31. The van der Waals surface area contributed by atoms with Crippen LogP contribution in [0.2, 0.25) is 0 Å². The van der Waals surface area contributed by atoms with Crippen molar-refractivity contribution in [3.05, 3.63) is 53.6 Å². The average Bonchev–Trinajstić information content (AvgIpc) is 2.57. The maximum Gasteiger partial charge on any atom is 0.240 e. The highest BCUT2D eigenvalue weighted by Crippen LogP contribution is 2.18. The van der Waals surface area contributed by atoms with Gasteiger partial charge < -0.3 is 10.1 Å². The molecule has 2 aromatic carbocycles. The number of carbonyl (C=O) groups excluding carboxylic acids is 1. The van der Waals surface area contributed by atoms with Crippen molar-refractivity contribution in [2.75, 3.05) is 19.0 Å². The van der Waals surface area contributed by atoms with Crippen LogP contribution in [0.15, 0.2) is 47.4 Å². The molecule has 0 aromatic heterocycles. The number of methoxy groups -OCH3 is 1. The molecule has 6 nitrogen and oxygen atoms in total. The van der Waals surface area contributed by atoms with Gasteiger partial charge in [-0.3, -0.25) is 4.79 Å². The molecule has 0 saturated heterocycles. The highest BCUT2D eigenvalue weighted by molar-refractivity contribution is 7.89. The van der Waals surface area contributed by atoms with Crippen LogP contribution in [-0.2, 0) is 14.8 Å². The predicted molar refractivity (Wildman–Crippen MR) is 97.3 cm³/mol. The number of nitrogens with one attached hydrogen (secondary N) is 2. The van der Waals surface area contributed by atoms with Crippen LogP contribution in [0.1, 0.15) is 17.5 Å². The van der Waals surface area contributed by atoms with Crippen LogP contribution >= 0.6 is 0 Å². The van der Waals surface area contributed by atoms with Gasteiger partial charge >= 0.3 is 0 Å². The minimum Gasteiger partial charge on any atom is -0.497 e. The molecule has 25 heavy (non-hydrogen) atoms. The van der Waals surface area contributed by atoms with Crippen molar-refractivity contribution < 1.29 is 17.9 Å². The Balaban J connectivity index is 1.92. The molecule has 0 atom stereocenters. The van der Waals surface area contributed by atoms with E-state index < -0.39 is 10.0 Å². The summed E-state index contributed by atoms with van der Waals surface area (Å²) in [6.45, 7) is 3.59. The minimum absolute atomic E-state index is 0.0194. The van der Waals surface area contributed by atoms with Gasteiger partial charge in [-0.25, -0.2) is 13.1 Å². The van der Waals surface area contributed by atoms with E-state index in [1.165, 1.54) is 0 Å². The molecule has 2 rings (SSSR count). The molecule has 0 aliphatic rings. The van der Waals surface area contributed by atoms with Crippen LogP contribution in [0.3, 0.4) is 0 Å². The first-order valence-electron chi connectivity index (χ1n) is 7.82. The van der Waals surface area contributed by atoms with Crippen LogP contribution in [0.5, 0.6) is 5.75 Å². The van der Waals surface area contributed by atoms with E-state index in [1.807, 2.05) is 13.0 Å². The van der Waals surface area contributed by atoms with Gasteiger partial charge in [0, 0.05) is 24.7 Å². The van der Waals surface area contributed by atoms with Crippen molar-refractivity contribution >= 4 is 21.6 Å². The number of amides is 1. The van der Waals surface area contributed by atoms with Crippen molar-refractivity contribution in [2.45, 2.75) is 25.2 Å². The third-order valence-electron chi connectivity index (χ3n) is 3.63. The molecule has 134 valence electrons. The van der Waals surface area contributed by atoms with Crippen molar-refractivity contribution in [2.24, 2.45) is 0 Å². The molecule has 0 saturated carbocycles. The Morgan fingerprint density at radius 2 is 1.88 bits per heavy atom. The molecule has 0 heterocycles. The largest absolute Gasteiger partial charge is 0.497 e. The first kappa shape index (κ1) is 19.0. The first-order chi connectivity index (χ1) is 11.8. The van der Waals surface area contributed by atoms with E-state index in [-0.39, 0.29) is 23.8 Å². The number of benzene rings is 2. The lowest BCUT2D eigenvalue weighted by Crippen LogP contribution is -2.28. The van der Waals surface area contributed by atoms with Crippen LogP contribution in [-0.4, -0.2) is 28.0 Å². The van der Waals surface area contributed by atoms with Crippen molar-refractivity contribution in [1.82, 2.24) is 4.72 Å². The molecule has 1 amide bonds. The normalized spacial score (nSPS) is 11.2. The Hall–Kier alpha value is -2.38. The summed E-state index contributed by atoms with van der Waals surface area (Å²) in [5.41, 5.74) is 2.13. The van der Waals surface area contributed by atoms with E-state index in [9.17, 15) is 13.2 Å². The molecule has 0 bridgehead atoms. The lowest BCUT2D eigenvalue weighted by atomic mass is 10.2. The Labute approximate surface area is 148 Å². The summed E-state index contributed by atoms with van der Waals surface area (Å²) >= 11 is 0. The highest BCUT2D eigenvalue weighted by atomic mass is 32.2. The second-order valence-electron chi connectivity index (χ2n) is 5.70. The van der Waals surface area contributed by atoms with Crippen LogP contribution in [0.25, 0.3) is 0 Å². The van der Waals surface area contributed by atoms with Crippen LogP contribution < -0.4 is 14.8 Å². The molecular weight excluding hydrogens is 340 g/mol. The monoisotopic (exact) mass is 362 g/mol. The van der Waals surface area contributed by atoms with Gasteiger partial charge in [-0.15, -0.1) is 0 Å². The number of sulfonamides is 1. The lowest BCUT2D eigenvalue weighted by molar-refractivity contribution is -0.116. The molecule has 0 unspecified atom stereocenters. The number of anilines is 1. The molecule has 0 aliphatic heterocycles. The second-order valence-corrected chi connectivity index (χ2v) is 7.43. The number of rotatable bonds is 7. The maximum atomic E-state index is 12.4. The van der Waals surface area contributed by atoms with Crippen LogP contribution in [0.4, 0.5) is 5.69 Å². The zero-order chi connectivity index (χ0) is 18.4. The summed E-state index contributed by atoms with van der Waals surface area (Å²) < 4.78 is 32.3. The van der Waals surface area contributed by atoms with E-state index in [1.54, 1.807) is 50.4 Å². The van der Waals surface area contributed by atoms with Gasteiger partial charge in [-0.1, -0.05) is 18.2 Å². The number of ether oxygens (including phenoxy) is 1. The summed E-state index contributed by atoms with van der Waals surface area (Å²) in [5.74, 6) is 0.352. The van der Waals surface area contributed by atoms with Gasteiger partial charge in [-0.2, -0.15) is 0 Å². The maximum absolute atomic E-state index is 12.4. The zero-order valence-corrected chi connectivity index (χ0v) is 15.3. The van der Waals surface area contributed by atoms with Gasteiger partial charge in [0.1, 0.15) is 5.75 Å². The summed E-state index contributed by atoms with van der Waals surface area (Å²) in [7, 11) is -2.10. The second kappa shape index (κ2) is 8.13. The van der Waals surface area contributed by atoms with E-state index in [0.717, 1.165) is 5.56 Å². The third-order valence-corrected chi connectivity index (χ3v) is 5.23. The number of hydrogen-bond acceptors (Lipinski definition) is 4. The SMILES string of the molecule is COc1cccc(NC(=O)CCNS(=O)(=O)c2cc(C)ccc2C)c1. The topological polar surface area (TPSA) is 84.5 Å². The summed E-state index contributed by atoms with van der Waals surface area (Å²) in [5, 5.41) is 2.71. The van der Waals surface area contributed by atoms with E-state index in [0.29, 0.717) is 17.0 Å². The smallest absolute Gasteiger partial charge is 0.240 e. The Morgan fingerprint density at radius 3 is 2.60 bits per heavy atom. The standard InChI is InChI=1S/C18H22N2O4S/c1-13-7-8-14(2)17(11-13)25(22,23)19-10-9-18(21)20-15-5-4-6-16(12-15)24-3/h4-8,11-12,19H,9-10H2,1-3H3,(H,20,21). The van der Waals surface area contributed by atoms with Crippen LogP contribution in [0, 0.1) is 13.8 Å². The molecule has 2 aromatic rings. The molecule has 0 fully saturated rings. The molecule has 0 spiro atoms. The molecule has 0 radical (unpaired) electrons. The summed E-state index contributed by atoms with van der Waals surface area (Å²) in [6, 6.07) is 12.2. The summed E-state index contributed by atoms with van der Waals surface area (Å²) in [6.07, 6.45) is 0.0291. The molecular formula is C18H22N2O4S. The summed E-state index contributed by atoms with van der Waals surface area (Å²) in [4.78, 5) is 12.2. The van der Waals surface area contributed by atoms with Gasteiger partial charge in [0.2, 0.25) is 15.9 Å². The van der Waals surface area contributed by atoms with E-state index in [2.05, 4.69) is 10.0 Å². The Morgan fingerprint density at radius 1 is 1.12 bits per heavy atom. The Kier molecular flexibility index (Phi) is 6.17.